The van der Waals surface area contributed by atoms with Crippen molar-refractivity contribution in [3.8, 4) is 5.75 Å². The Morgan fingerprint density at radius 3 is 2.66 bits per heavy atom. The lowest BCUT2D eigenvalue weighted by Crippen LogP contribution is -2.48. The molecule has 0 saturated carbocycles. The highest BCUT2D eigenvalue weighted by atomic mass is 127. The summed E-state index contributed by atoms with van der Waals surface area (Å²) in [4.78, 5) is 26.3. The highest BCUT2D eigenvalue weighted by Gasteiger charge is 2.35. The molecule has 2 aromatic rings. The zero-order chi connectivity index (χ0) is 23.4. The number of aliphatic carboxylic acids is 1. The third-order valence-electron chi connectivity index (χ3n) is 4.95. The molecular weight excluding hydrogens is 702 g/mol. The standard InChI is InChI=1S/C22H18Cl3I2NO4/c23-6-1-7-32-21-17(26)8-13-9-18(22(30)31)28(11-15(13)20(21)27)19(29)5-3-12-2-4-14(24)10-16(12)25/h2-5,8,10,18H,1,6-7,9,11H2,(H,30,31)/b5-3+/t18-/m0/s1. The van der Waals surface area contributed by atoms with Crippen molar-refractivity contribution in [3.05, 3.63) is 64.2 Å². The molecule has 1 N–H and O–H groups in total. The highest BCUT2D eigenvalue weighted by molar-refractivity contribution is 14.1. The molecule has 3 rings (SSSR count). The van der Waals surface area contributed by atoms with Gasteiger partial charge >= 0.3 is 5.97 Å². The summed E-state index contributed by atoms with van der Waals surface area (Å²) in [6.07, 6.45) is 3.84. The molecule has 170 valence electrons. The number of ether oxygens (including phenoxy) is 1. The van der Waals surface area contributed by atoms with E-state index in [1.807, 2.05) is 6.07 Å². The molecule has 1 aliphatic rings. The predicted molar refractivity (Wildman–Crippen MR) is 144 cm³/mol. The van der Waals surface area contributed by atoms with Gasteiger partial charge in [0.05, 0.1) is 13.7 Å². The van der Waals surface area contributed by atoms with Crippen molar-refractivity contribution in [1.29, 1.82) is 0 Å². The SMILES string of the molecule is O=C(O)[C@@H]1Cc2cc(I)c(OCCCCl)c(I)c2CN1C(=O)/C=C/c1ccc(Cl)cc1Cl. The Labute approximate surface area is 228 Å². The third kappa shape index (κ3) is 6.02. The van der Waals surface area contributed by atoms with Gasteiger partial charge in [-0.05, 0) is 92.6 Å². The van der Waals surface area contributed by atoms with Gasteiger partial charge in [0, 0.05) is 35.0 Å². The lowest BCUT2D eigenvalue weighted by molar-refractivity contribution is -0.149. The normalized spacial score (nSPS) is 15.7. The number of hydrogen-bond donors (Lipinski definition) is 1. The minimum atomic E-state index is -1.05. The molecule has 0 saturated heterocycles. The largest absolute Gasteiger partial charge is 0.491 e. The maximum Gasteiger partial charge on any atom is 0.326 e. The van der Waals surface area contributed by atoms with E-state index in [9.17, 15) is 14.7 Å². The van der Waals surface area contributed by atoms with Gasteiger partial charge in [0.15, 0.2) is 0 Å². The topological polar surface area (TPSA) is 66.8 Å². The number of carbonyl (C=O) groups is 2. The Hall–Kier alpha value is -0.750. The van der Waals surface area contributed by atoms with Gasteiger partial charge in [-0.2, -0.15) is 0 Å². The Bertz CT molecular complexity index is 1080. The van der Waals surface area contributed by atoms with Crippen molar-refractivity contribution in [2.75, 3.05) is 12.5 Å². The number of alkyl halides is 1. The molecule has 0 aliphatic carbocycles. The number of carbonyl (C=O) groups excluding carboxylic acids is 1. The zero-order valence-corrected chi connectivity index (χ0v) is 23.2. The number of carboxylic acids is 1. The molecule has 1 atom stereocenters. The first-order chi connectivity index (χ1) is 15.2. The fraction of sp³-hybridized carbons (Fsp3) is 0.273. The molecule has 2 aromatic carbocycles. The maximum atomic E-state index is 13.0. The molecule has 5 nitrogen and oxygen atoms in total. The molecule has 0 radical (unpaired) electrons. The number of halogens is 5. The van der Waals surface area contributed by atoms with E-state index >= 15 is 0 Å². The number of carboxylic acid groups (broad SMARTS) is 1. The molecule has 1 amide bonds. The van der Waals surface area contributed by atoms with Gasteiger partial charge in [0.1, 0.15) is 11.8 Å². The van der Waals surface area contributed by atoms with E-state index in [1.165, 1.54) is 11.0 Å². The quantitative estimate of drug-likeness (QED) is 0.159. The second kappa shape index (κ2) is 11.6. The zero-order valence-electron chi connectivity index (χ0n) is 16.6. The minimum absolute atomic E-state index is 0.172. The Morgan fingerprint density at radius 2 is 2.00 bits per heavy atom. The van der Waals surface area contributed by atoms with Gasteiger partial charge in [-0.3, -0.25) is 4.79 Å². The Morgan fingerprint density at radius 1 is 1.25 bits per heavy atom. The van der Waals surface area contributed by atoms with Gasteiger partial charge in [-0.25, -0.2) is 4.79 Å². The van der Waals surface area contributed by atoms with Crippen molar-refractivity contribution >= 4 is 97.9 Å². The maximum absolute atomic E-state index is 13.0. The van der Waals surface area contributed by atoms with Gasteiger partial charge in [0.25, 0.3) is 0 Å². The number of hydrogen-bond acceptors (Lipinski definition) is 3. The van der Waals surface area contributed by atoms with E-state index in [4.69, 9.17) is 39.5 Å². The molecular formula is C22H18Cl3I2NO4. The van der Waals surface area contributed by atoms with Crippen LogP contribution >= 0.6 is 80.0 Å². The van der Waals surface area contributed by atoms with Crippen LogP contribution in [0.5, 0.6) is 5.75 Å². The molecule has 1 heterocycles. The molecule has 0 aromatic heterocycles. The van der Waals surface area contributed by atoms with Crippen LogP contribution in [0.2, 0.25) is 10.0 Å². The summed E-state index contributed by atoms with van der Waals surface area (Å²) in [5.74, 6) is -0.216. The molecule has 1 aliphatic heterocycles. The van der Waals surface area contributed by atoms with Crippen molar-refractivity contribution in [1.82, 2.24) is 4.90 Å². The van der Waals surface area contributed by atoms with Crippen LogP contribution < -0.4 is 4.74 Å². The van der Waals surface area contributed by atoms with Crippen molar-refractivity contribution < 1.29 is 19.4 Å². The molecule has 32 heavy (non-hydrogen) atoms. The van der Waals surface area contributed by atoms with Crippen LogP contribution in [-0.2, 0) is 22.6 Å². The predicted octanol–water partition coefficient (Wildman–Crippen LogP) is 6.26. The van der Waals surface area contributed by atoms with Crippen LogP contribution in [0.15, 0.2) is 30.3 Å². The summed E-state index contributed by atoms with van der Waals surface area (Å²) in [6.45, 7) is 0.657. The monoisotopic (exact) mass is 719 g/mol. The lowest BCUT2D eigenvalue weighted by Gasteiger charge is -2.35. The van der Waals surface area contributed by atoms with E-state index in [0.29, 0.717) is 34.5 Å². The van der Waals surface area contributed by atoms with E-state index in [-0.39, 0.29) is 13.0 Å². The second-order valence-corrected chi connectivity index (χ2v) is 10.5. The first kappa shape index (κ1) is 25.9. The van der Waals surface area contributed by atoms with Crippen LogP contribution in [0.3, 0.4) is 0 Å². The summed E-state index contributed by atoms with van der Waals surface area (Å²) < 4.78 is 7.70. The number of nitrogens with zero attached hydrogens (tertiary/aromatic N) is 1. The summed E-state index contributed by atoms with van der Waals surface area (Å²) in [6, 6.07) is 5.93. The summed E-state index contributed by atoms with van der Waals surface area (Å²) in [5.41, 5.74) is 2.42. The van der Waals surface area contributed by atoms with Crippen molar-refractivity contribution in [2.24, 2.45) is 0 Å². The third-order valence-corrected chi connectivity index (χ3v) is 7.72. The highest BCUT2D eigenvalue weighted by Crippen LogP contribution is 2.37. The van der Waals surface area contributed by atoms with Gasteiger partial charge in [0.2, 0.25) is 5.91 Å². The van der Waals surface area contributed by atoms with Gasteiger partial charge in [-0.15, -0.1) is 11.6 Å². The number of rotatable bonds is 7. The smallest absolute Gasteiger partial charge is 0.326 e. The second-order valence-electron chi connectivity index (χ2n) is 7.05. The molecule has 0 bridgehead atoms. The van der Waals surface area contributed by atoms with Crippen LogP contribution in [0, 0.1) is 7.14 Å². The summed E-state index contributed by atoms with van der Waals surface area (Å²) in [7, 11) is 0. The first-order valence-electron chi connectivity index (χ1n) is 9.58. The van der Waals surface area contributed by atoms with Crippen LogP contribution in [0.4, 0.5) is 0 Å². The van der Waals surface area contributed by atoms with E-state index in [1.54, 1.807) is 24.3 Å². The average Bonchev–Trinajstić information content (AvgIpc) is 2.74. The van der Waals surface area contributed by atoms with Gasteiger partial charge < -0.3 is 14.7 Å². The molecule has 0 unspecified atom stereocenters. The fourth-order valence-electron chi connectivity index (χ4n) is 3.35. The molecule has 10 heteroatoms. The van der Waals surface area contributed by atoms with Crippen molar-refractivity contribution in [2.45, 2.75) is 25.4 Å². The molecule has 0 fully saturated rings. The molecule has 0 spiro atoms. The summed E-state index contributed by atoms with van der Waals surface area (Å²) in [5, 5.41) is 10.7. The Kier molecular flexibility index (Phi) is 9.37. The number of amides is 1. The first-order valence-corrected chi connectivity index (χ1v) is 13.0. The van der Waals surface area contributed by atoms with E-state index in [0.717, 1.165) is 24.0 Å². The average molecular weight is 721 g/mol. The summed E-state index contributed by atoms with van der Waals surface area (Å²) >= 11 is 22.2. The van der Waals surface area contributed by atoms with Crippen LogP contribution in [0.25, 0.3) is 6.08 Å². The Balaban J connectivity index is 1.90. The van der Waals surface area contributed by atoms with E-state index in [2.05, 4.69) is 45.2 Å². The van der Waals surface area contributed by atoms with Crippen molar-refractivity contribution in [3.63, 3.8) is 0 Å². The fourth-order valence-corrected chi connectivity index (χ4v) is 6.21. The number of fused-ring (bicyclic) bond motifs is 1. The van der Waals surface area contributed by atoms with E-state index < -0.39 is 17.9 Å². The lowest BCUT2D eigenvalue weighted by atomic mass is 9.93. The number of benzene rings is 2. The van der Waals surface area contributed by atoms with Gasteiger partial charge in [-0.1, -0.05) is 29.3 Å². The van der Waals surface area contributed by atoms with Crippen LogP contribution in [-0.4, -0.2) is 40.4 Å². The minimum Gasteiger partial charge on any atom is -0.491 e. The van der Waals surface area contributed by atoms with Crippen LogP contribution in [0.1, 0.15) is 23.1 Å².